The summed E-state index contributed by atoms with van der Waals surface area (Å²) in [6.07, 6.45) is 1.94. The van der Waals surface area contributed by atoms with E-state index in [1.807, 2.05) is 17.5 Å². The van der Waals surface area contributed by atoms with E-state index >= 15 is 0 Å². The minimum Gasteiger partial charge on any atom is -0.465 e. The van der Waals surface area contributed by atoms with Crippen molar-refractivity contribution in [2.45, 2.75) is 18.8 Å². The van der Waals surface area contributed by atoms with Crippen LogP contribution in [0.2, 0.25) is 0 Å². The molecule has 0 saturated carbocycles. The van der Waals surface area contributed by atoms with Crippen LogP contribution >= 0.6 is 11.3 Å². The summed E-state index contributed by atoms with van der Waals surface area (Å²) >= 11 is 1.63. The number of ether oxygens (including phenoxy) is 1. The lowest BCUT2D eigenvalue weighted by molar-refractivity contribution is -0.148. The molecule has 0 spiro atoms. The number of hydrogen-bond donors (Lipinski definition) is 0. The number of rotatable bonds is 1. The van der Waals surface area contributed by atoms with Gasteiger partial charge in [0.2, 0.25) is 0 Å². The maximum Gasteiger partial charge on any atom is 0.314 e. The van der Waals surface area contributed by atoms with Crippen LogP contribution in [0.15, 0.2) is 17.5 Å². The van der Waals surface area contributed by atoms with Crippen LogP contribution in [0.3, 0.4) is 0 Å². The molecule has 1 unspecified atom stereocenters. The fourth-order valence-corrected chi connectivity index (χ4v) is 2.28. The molecule has 3 heteroatoms. The van der Waals surface area contributed by atoms with Gasteiger partial charge in [0.1, 0.15) is 0 Å². The molecular weight excluding hydrogens is 172 g/mol. The van der Waals surface area contributed by atoms with E-state index in [0.29, 0.717) is 6.61 Å². The molecule has 1 atom stereocenters. The van der Waals surface area contributed by atoms with Gasteiger partial charge in [-0.1, -0.05) is 6.07 Å². The van der Waals surface area contributed by atoms with Crippen molar-refractivity contribution in [1.82, 2.24) is 0 Å². The third-order valence-electron chi connectivity index (χ3n) is 2.05. The van der Waals surface area contributed by atoms with Crippen LogP contribution in [0, 0.1) is 0 Å². The van der Waals surface area contributed by atoms with Gasteiger partial charge in [0.25, 0.3) is 0 Å². The zero-order valence-corrected chi connectivity index (χ0v) is 7.47. The summed E-state index contributed by atoms with van der Waals surface area (Å²) in [5.41, 5.74) is 0. The topological polar surface area (TPSA) is 26.3 Å². The van der Waals surface area contributed by atoms with Crippen molar-refractivity contribution in [3.05, 3.63) is 22.4 Å². The van der Waals surface area contributed by atoms with Gasteiger partial charge in [0, 0.05) is 4.88 Å². The van der Waals surface area contributed by atoms with Gasteiger partial charge in [0.15, 0.2) is 0 Å². The predicted molar refractivity (Wildman–Crippen MR) is 47.3 cm³/mol. The van der Waals surface area contributed by atoms with E-state index in [-0.39, 0.29) is 11.9 Å². The largest absolute Gasteiger partial charge is 0.465 e. The number of carbonyl (C=O) groups excluding carboxylic acids is 1. The molecule has 2 nitrogen and oxygen atoms in total. The Bertz CT molecular complexity index is 266. The van der Waals surface area contributed by atoms with Crippen LogP contribution < -0.4 is 0 Å². The Hall–Kier alpha value is -0.830. The summed E-state index contributed by atoms with van der Waals surface area (Å²) in [6.45, 7) is 0.598. The van der Waals surface area contributed by atoms with Crippen molar-refractivity contribution in [3.63, 3.8) is 0 Å². The lowest BCUT2D eigenvalue weighted by atomic mass is 10.00. The van der Waals surface area contributed by atoms with Crippen LogP contribution in [0.25, 0.3) is 0 Å². The second-order valence-corrected chi connectivity index (χ2v) is 3.86. The minimum absolute atomic E-state index is 0.0127. The Balaban J connectivity index is 2.17. The van der Waals surface area contributed by atoms with E-state index in [4.69, 9.17) is 4.74 Å². The van der Waals surface area contributed by atoms with Gasteiger partial charge in [-0.05, 0) is 24.3 Å². The van der Waals surface area contributed by atoms with Crippen molar-refractivity contribution in [2.24, 2.45) is 0 Å². The highest BCUT2D eigenvalue weighted by Crippen LogP contribution is 2.29. The first-order valence-electron chi connectivity index (χ1n) is 4.08. The quantitative estimate of drug-likeness (QED) is 0.622. The molecule has 1 saturated heterocycles. The number of hydrogen-bond acceptors (Lipinski definition) is 3. The summed E-state index contributed by atoms with van der Waals surface area (Å²) in [6, 6.07) is 3.98. The second kappa shape index (κ2) is 3.27. The molecule has 1 aliphatic rings. The normalized spacial score (nSPS) is 23.7. The summed E-state index contributed by atoms with van der Waals surface area (Å²) in [5, 5.41) is 2.00. The third kappa shape index (κ3) is 1.37. The van der Waals surface area contributed by atoms with E-state index in [0.717, 1.165) is 17.7 Å². The molecular formula is C9H10O2S. The third-order valence-corrected chi connectivity index (χ3v) is 3.04. The van der Waals surface area contributed by atoms with E-state index in [1.165, 1.54) is 0 Å². The monoisotopic (exact) mass is 182 g/mol. The maximum atomic E-state index is 11.3. The molecule has 0 aliphatic carbocycles. The Labute approximate surface area is 75.2 Å². The zero-order valence-electron chi connectivity index (χ0n) is 6.66. The number of carbonyl (C=O) groups is 1. The van der Waals surface area contributed by atoms with Crippen LogP contribution in [-0.2, 0) is 9.53 Å². The highest BCUT2D eigenvalue weighted by atomic mass is 32.1. The first-order valence-corrected chi connectivity index (χ1v) is 4.96. The SMILES string of the molecule is O=C1OCCCC1c1cccs1. The van der Waals surface area contributed by atoms with Crippen LogP contribution in [0.5, 0.6) is 0 Å². The Kier molecular flexibility index (Phi) is 2.13. The zero-order chi connectivity index (χ0) is 8.39. The van der Waals surface area contributed by atoms with Crippen molar-refractivity contribution in [3.8, 4) is 0 Å². The molecule has 2 heterocycles. The van der Waals surface area contributed by atoms with Crippen LogP contribution in [0.1, 0.15) is 23.6 Å². The van der Waals surface area contributed by atoms with Crippen molar-refractivity contribution < 1.29 is 9.53 Å². The molecule has 1 fully saturated rings. The van der Waals surface area contributed by atoms with Gasteiger partial charge in [-0.3, -0.25) is 4.79 Å². The van der Waals surface area contributed by atoms with Gasteiger partial charge in [0.05, 0.1) is 12.5 Å². The Morgan fingerprint density at radius 2 is 2.50 bits per heavy atom. The molecule has 1 aliphatic heterocycles. The lowest BCUT2D eigenvalue weighted by Gasteiger charge is -2.19. The molecule has 1 aromatic heterocycles. The van der Waals surface area contributed by atoms with Gasteiger partial charge < -0.3 is 4.74 Å². The van der Waals surface area contributed by atoms with E-state index in [2.05, 4.69) is 0 Å². The predicted octanol–water partition coefficient (Wildman–Crippen LogP) is 2.17. The highest BCUT2D eigenvalue weighted by molar-refractivity contribution is 7.10. The van der Waals surface area contributed by atoms with Gasteiger partial charge in [-0.15, -0.1) is 11.3 Å². The van der Waals surface area contributed by atoms with Crippen molar-refractivity contribution in [1.29, 1.82) is 0 Å². The maximum absolute atomic E-state index is 11.3. The van der Waals surface area contributed by atoms with Crippen molar-refractivity contribution >= 4 is 17.3 Å². The van der Waals surface area contributed by atoms with E-state index < -0.39 is 0 Å². The standard InChI is InChI=1S/C9H10O2S/c10-9-7(3-1-5-11-9)8-4-2-6-12-8/h2,4,6-7H,1,3,5H2. The Morgan fingerprint density at radius 1 is 1.58 bits per heavy atom. The summed E-state index contributed by atoms with van der Waals surface area (Å²) < 4.78 is 4.98. The molecule has 2 rings (SSSR count). The Morgan fingerprint density at radius 3 is 3.17 bits per heavy atom. The average molecular weight is 182 g/mol. The molecule has 12 heavy (non-hydrogen) atoms. The highest BCUT2D eigenvalue weighted by Gasteiger charge is 2.26. The summed E-state index contributed by atoms with van der Waals surface area (Å²) in [7, 11) is 0. The van der Waals surface area contributed by atoms with E-state index in [9.17, 15) is 4.79 Å². The van der Waals surface area contributed by atoms with Gasteiger partial charge >= 0.3 is 5.97 Å². The second-order valence-electron chi connectivity index (χ2n) is 2.88. The fourth-order valence-electron chi connectivity index (χ4n) is 1.43. The first-order chi connectivity index (χ1) is 5.88. The summed E-state index contributed by atoms with van der Waals surface area (Å²) in [4.78, 5) is 12.4. The summed E-state index contributed by atoms with van der Waals surface area (Å²) in [5.74, 6) is -0.0394. The van der Waals surface area contributed by atoms with Gasteiger partial charge in [-0.25, -0.2) is 0 Å². The average Bonchev–Trinajstić information content (AvgIpc) is 2.57. The number of thiophene rings is 1. The number of cyclic esters (lactones) is 1. The minimum atomic E-state index is -0.0521. The van der Waals surface area contributed by atoms with Crippen LogP contribution in [-0.4, -0.2) is 12.6 Å². The van der Waals surface area contributed by atoms with Crippen molar-refractivity contribution in [2.75, 3.05) is 6.61 Å². The molecule has 0 radical (unpaired) electrons. The van der Waals surface area contributed by atoms with Gasteiger partial charge in [-0.2, -0.15) is 0 Å². The molecule has 1 aromatic rings. The van der Waals surface area contributed by atoms with Crippen LogP contribution in [0.4, 0.5) is 0 Å². The molecule has 0 amide bonds. The first kappa shape index (κ1) is 7.80. The molecule has 0 bridgehead atoms. The smallest absolute Gasteiger partial charge is 0.314 e. The molecule has 64 valence electrons. The molecule has 0 N–H and O–H groups in total. The number of esters is 1. The lowest BCUT2D eigenvalue weighted by Crippen LogP contribution is -2.21. The fraction of sp³-hybridized carbons (Fsp3) is 0.444. The van der Waals surface area contributed by atoms with E-state index in [1.54, 1.807) is 11.3 Å². The molecule has 0 aromatic carbocycles.